The molecule has 1 aromatic heterocycles. The van der Waals surface area contributed by atoms with E-state index >= 15 is 0 Å². The predicted octanol–water partition coefficient (Wildman–Crippen LogP) is 1.77. The zero-order valence-electron chi connectivity index (χ0n) is 18.4. The molecular weight excluding hydrogens is 406 g/mol. The highest BCUT2D eigenvalue weighted by Gasteiger charge is 2.37. The number of nitrogens with two attached hydrogens (primary N) is 2. The van der Waals surface area contributed by atoms with Crippen LogP contribution < -0.4 is 16.8 Å². The van der Waals surface area contributed by atoms with Crippen molar-refractivity contribution in [2.45, 2.75) is 71.6 Å². The third-order valence-electron chi connectivity index (χ3n) is 4.71. The number of rotatable bonds is 8. The molecule has 2 heterocycles. The number of hydrogen-bond acceptors (Lipinski definition) is 7. The lowest BCUT2D eigenvalue weighted by atomic mass is 9.98. The fourth-order valence-corrected chi connectivity index (χ4v) is 4.16. The Balaban J connectivity index is 2.43. The Morgan fingerprint density at radius 2 is 2.00 bits per heavy atom. The zero-order valence-corrected chi connectivity index (χ0v) is 19.2. The monoisotopic (exact) mass is 439 g/mol. The molecule has 0 spiro atoms. The van der Waals surface area contributed by atoms with Crippen LogP contribution in [-0.4, -0.2) is 57.8 Å². The molecule has 1 aliphatic rings. The van der Waals surface area contributed by atoms with Crippen LogP contribution >= 0.6 is 11.5 Å². The van der Waals surface area contributed by atoms with Gasteiger partial charge < -0.3 is 26.4 Å². The minimum Gasteiger partial charge on any atom is -0.395 e. The Labute approximate surface area is 181 Å². The van der Waals surface area contributed by atoms with Gasteiger partial charge >= 0.3 is 0 Å². The highest BCUT2D eigenvalue weighted by atomic mass is 32.1. The van der Waals surface area contributed by atoms with E-state index in [2.05, 4.69) is 9.69 Å². The smallest absolute Gasteiger partial charge is 0.270 e. The van der Waals surface area contributed by atoms with E-state index in [9.17, 15) is 14.4 Å². The summed E-state index contributed by atoms with van der Waals surface area (Å²) in [5, 5.41) is 2.98. The summed E-state index contributed by atoms with van der Waals surface area (Å²) in [6.45, 7) is 10.6. The number of amides is 3. The Kier molecular flexibility index (Phi) is 7.81. The standard InChI is InChI=1S/C20H33N5O4S/c1-11(2)9-13(18(27)23-20(3,4)5)25(10-12-7-6-8-29-12)19(28)16-14(21)15(17(22)26)24-30-16/h11-13H,6-10,21H2,1-5H3,(H2,22,26)(H,23,27)/t12-,13-/m1/s1. The van der Waals surface area contributed by atoms with Gasteiger partial charge in [-0.2, -0.15) is 4.37 Å². The number of primary amides is 1. The maximum Gasteiger partial charge on any atom is 0.270 e. The van der Waals surface area contributed by atoms with Crippen molar-refractivity contribution in [2.24, 2.45) is 11.7 Å². The lowest BCUT2D eigenvalue weighted by Gasteiger charge is -2.35. The molecule has 10 heteroatoms. The second-order valence-electron chi connectivity index (χ2n) is 9.12. The highest BCUT2D eigenvalue weighted by Crippen LogP contribution is 2.27. The minimum absolute atomic E-state index is 0.0469. The fourth-order valence-electron chi connectivity index (χ4n) is 3.39. The average Bonchev–Trinajstić information content (AvgIpc) is 3.25. The third kappa shape index (κ3) is 6.15. The van der Waals surface area contributed by atoms with Gasteiger partial charge in [0.1, 0.15) is 10.9 Å². The number of carbonyl (C=O) groups excluding carboxylic acids is 3. The number of ether oxygens (including phenoxy) is 1. The summed E-state index contributed by atoms with van der Waals surface area (Å²) in [5.74, 6) is -1.30. The van der Waals surface area contributed by atoms with Gasteiger partial charge in [0.05, 0.1) is 11.8 Å². The van der Waals surface area contributed by atoms with E-state index in [0.29, 0.717) is 13.0 Å². The van der Waals surface area contributed by atoms with Crippen LogP contribution in [0, 0.1) is 5.92 Å². The first-order chi connectivity index (χ1) is 13.9. The lowest BCUT2D eigenvalue weighted by Crippen LogP contribution is -2.55. The predicted molar refractivity (Wildman–Crippen MR) is 116 cm³/mol. The summed E-state index contributed by atoms with van der Waals surface area (Å²) in [6, 6.07) is -0.709. The fraction of sp³-hybridized carbons (Fsp3) is 0.700. The molecule has 1 aliphatic heterocycles. The first-order valence-electron chi connectivity index (χ1n) is 10.2. The molecule has 0 radical (unpaired) electrons. The highest BCUT2D eigenvalue weighted by molar-refractivity contribution is 7.09. The van der Waals surface area contributed by atoms with Crippen molar-refractivity contribution >= 4 is 34.9 Å². The van der Waals surface area contributed by atoms with Crippen molar-refractivity contribution in [2.75, 3.05) is 18.9 Å². The Morgan fingerprint density at radius 1 is 1.33 bits per heavy atom. The molecule has 1 aromatic rings. The van der Waals surface area contributed by atoms with Gasteiger partial charge in [-0.25, -0.2) is 0 Å². The normalized spacial score (nSPS) is 17.7. The van der Waals surface area contributed by atoms with Crippen molar-refractivity contribution in [3.8, 4) is 0 Å². The van der Waals surface area contributed by atoms with Gasteiger partial charge in [-0.3, -0.25) is 14.4 Å². The summed E-state index contributed by atoms with van der Waals surface area (Å²) < 4.78 is 9.67. The van der Waals surface area contributed by atoms with Gasteiger partial charge in [-0.05, 0) is 57.5 Å². The van der Waals surface area contributed by atoms with Gasteiger partial charge in [0.25, 0.3) is 11.8 Å². The van der Waals surface area contributed by atoms with E-state index in [1.807, 2.05) is 34.6 Å². The topological polar surface area (TPSA) is 141 Å². The van der Waals surface area contributed by atoms with Crippen LogP contribution in [-0.2, 0) is 9.53 Å². The molecule has 30 heavy (non-hydrogen) atoms. The van der Waals surface area contributed by atoms with Gasteiger partial charge in [-0.1, -0.05) is 13.8 Å². The maximum atomic E-state index is 13.5. The number of nitrogens with zero attached hydrogens (tertiary/aromatic N) is 2. The van der Waals surface area contributed by atoms with Crippen LogP contribution in [0.4, 0.5) is 5.69 Å². The summed E-state index contributed by atoms with van der Waals surface area (Å²) in [6.07, 6.45) is 2.03. The molecule has 0 aromatic carbocycles. The van der Waals surface area contributed by atoms with E-state index in [-0.39, 0.29) is 40.7 Å². The molecule has 3 amide bonds. The molecular formula is C20H33N5O4S. The Morgan fingerprint density at radius 3 is 2.47 bits per heavy atom. The van der Waals surface area contributed by atoms with E-state index < -0.39 is 23.4 Å². The molecule has 2 rings (SSSR count). The van der Waals surface area contributed by atoms with Gasteiger partial charge in [0.2, 0.25) is 5.91 Å². The first-order valence-corrected chi connectivity index (χ1v) is 11.0. The molecule has 1 saturated heterocycles. The van der Waals surface area contributed by atoms with Crippen LogP contribution in [0.1, 0.15) is 74.0 Å². The average molecular weight is 440 g/mol. The molecule has 0 aliphatic carbocycles. The van der Waals surface area contributed by atoms with E-state index in [4.69, 9.17) is 16.2 Å². The largest absolute Gasteiger partial charge is 0.395 e. The quantitative estimate of drug-likeness (QED) is 0.564. The van der Waals surface area contributed by atoms with E-state index in [0.717, 1.165) is 24.4 Å². The Hall–Kier alpha value is -2.20. The van der Waals surface area contributed by atoms with Crippen molar-refractivity contribution in [1.29, 1.82) is 0 Å². The summed E-state index contributed by atoms with van der Waals surface area (Å²) in [5.41, 5.74) is 10.7. The van der Waals surface area contributed by atoms with E-state index in [1.54, 1.807) is 0 Å². The Bertz CT molecular complexity index is 781. The SMILES string of the molecule is CC(C)C[C@H](C(=O)NC(C)(C)C)N(C[C@H]1CCCO1)C(=O)c1snc(C(N)=O)c1N. The molecule has 0 saturated carbocycles. The van der Waals surface area contributed by atoms with Crippen molar-refractivity contribution in [1.82, 2.24) is 14.6 Å². The van der Waals surface area contributed by atoms with Crippen LogP contribution in [0.3, 0.4) is 0 Å². The minimum atomic E-state index is -0.794. The number of anilines is 1. The number of nitrogen functional groups attached to an aromatic ring is 1. The van der Waals surface area contributed by atoms with E-state index in [1.165, 1.54) is 4.90 Å². The van der Waals surface area contributed by atoms with Gasteiger partial charge in [0, 0.05) is 18.7 Å². The molecule has 2 atom stereocenters. The van der Waals surface area contributed by atoms with Crippen LogP contribution in [0.25, 0.3) is 0 Å². The lowest BCUT2D eigenvalue weighted by molar-refractivity contribution is -0.128. The third-order valence-corrected chi connectivity index (χ3v) is 5.56. The zero-order chi connectivity index (χ0) is 22.6. The van der Waals surface area contributed by atoms with Gasteiger partial charge in [-0.15, -0.1) is 0 Å². The molecule has 9 nitrogen and oxygen atoms in total. The summed E-state index contributed by atoms with van der Waals surface area (Å²) in [4.78, 5) is 39.8. The molecule has 0 unspecified atom stereocenters. The maximum absolute atomic E-state index is 13.5. The number of nitrogens with one attached hydrogen (secondary N) is 1. The molecule has 168 valence electrons. The number of carbonyl (C=O) groups is 3. The number of aromatic nitrogens is 1. The number of hydrogen-bond donors (Lipinski definition) is 3. The molecule has 1 fully saturated rings. The van der Waals surface area contributed by atoms with Gasteiger partial charge in [0.15, 0.2) is 5.69 Å². The molecule has 5 N–H and O–H groups in total. The second kappa shape index (κ2) is 9.74. The van der Waals surface area contributed by atoms with Crippen molar-refractivity contribution < 1.29 is 19.1 Å². The molecule has 0 bridgehead atoms. The summed E-state index contributed by atoms with van der Waals surface area (Å²) in [7, 11) is 0. The summed E-state index contributed by atoms with van der Waals surface area (Å²) >= 11 is 0.820. The second-order valence-corrected chi connectivity index (χ2v) is 9.89. The first kappa shape index (κ1) is 24.1. The van der Waals surface area contributed by atoms with Crippen LogP contribution in [0.2, 0.25) is 0 Å². The van der Waals surface area contributed by atoms with Crippen LogP contribution in [0.5, 0.6) is 0 Å². The van der Waals surface area contributed by atoms with Crippen molar-refractivity contribution in [3.05, 3.63) is 10.6 Å². The van der Waals surface area contributed by atoms with Crippen molar-refractivity contribution in [3.63, 3.8) is 0 Å². The van der Waals surface area contributed by atoms with Crippen LogP contribution in [0.15, 0.2) is 0 Å².